The lowest BCUT2D eigenvalue weighted by Gasteiger charge is -2.19. The highest BCUT2D eigenvalue weighted by molar-refractivity contribution is 6.35. The summed E-state index contributed by atoms with van der Waals surface area (Å²) in [5, 5.41) is 4.33. The zero-order valence-electron chi connectivity index (χ0n) is 11.7. The van der Waals surface area contributed by atoms with Gasteiger partial charge in [0.2, 0.25) is 0 Å². The second-order valence-electron chi connectivity index (χ2n) is 5.69. The second-order valence-corrected chi connectivity index (χ2v) is 6.10. The van der Waals surface area contributed by atoms with Crippen molar-refractivity contribution in [2.45, 2.75) is 39.7 Å². The molecule has 0 aliphatic rings. The topological polar surface area (TPSA) is 25.2 Å². The van der Waals surface area contributed by atoms with E-state index >= 15 is 0 Å². The van der Waals surface area contributed by atoms with Crippen molar-refractivity contribution in [1.29, 1.82) is 0 Å². The van der Waals surface area contributed by atoms with Crippen LogP contribution in [0.2, 0.25) is 5.02 Å². The largest absolute Gasteiger partial charge is 0.458 e. The highest BCUT2D eigenvalue weighted by atomic mass is 35.5. The van der Waals surface area contributed by atoms with Gasteiger partial charge in [0.1, 0.15) is 11.6 Å². The van der Waals surface area contributed by atoms with Crippen molar-refractivity contribution in [3.8, 4) is 0 Å². The monoisotopic (exact) mass is 283 g/mol. The summed E-state index contributed by atoms with van der Waals surface area (Å²) in [6, 6.07) is 2.79. The van der Waals surface area contributed by atoms with Gasteiger partial charge in [-0.1, -0.05) is 39.3 Å². The van der Waals surface area contributed by atoms with Gasteiger partial charge >= 0.3 is 0 Å². The van der Waals surface area contributed by atoms with E-state index in [-0.39, 0.29) is 11.2 Å². The van der Waals surface area contributed by atoms with E-state index in [1.165, 1.54) is 12.1 Å². The van der Waals surface area contributed by atoms with Crippen molar-refractivity contribution >= 4 is 22.6 Å². The van der Waals surface area contributed by atoms with Crippen LogP contribution in [0, 0.1) is 5.82 Å². The van der Waals surface area contributed by atoms with E-state index in [0.29, 0.717) is 17.2 Å². The van der Waals surface area contributed by atoms with Crippen molar-refractivity contribution in [1.82, 2.24) is 5.32 Å². The van der Waals surface area contributed by atoms with Gasteiger partial charge in [0.25, 0.3) is 0 Å². The molecular formula is C15H19ClFNO. The van der Waals surface area contributed by atoms with Gasteiger partial charge in [-0.15, -0.1) is 0 Å². The number of benzene rings is 1. The molecule has 0 saturated heterocycles. The Labute approximate surface area is 117 Å². The lowest BCUT2D eigenvalue weighted by atomic mass is 9.84. The number of rotatable bonds is 3. The summed E-state index contributed by atoms with van der Waals surface area (Å²) in [6.45, 7) is 9.77. The van der Waals surface area contributed by atoms with Gasteiger partial charge in [-0.25, -0.2) is 4.39 Å². The maximum atomic E-state index is 13.6. The summed E-state index contributed by atoms with van der Waals surface area (Å²) in [7, 11) is 0. The summed E-state index contributed by atoms with van der Waals surface area (Å²) in [5.74, 6) is 0.496. The molecule has 0 bridgehead atoms. The number of furan rings is 1. The van der Waals surface area contributed by atoms with Gasteiger partial charge in [0.05, 0.1) is 11.6 Å². The predicted octanol–water partition coefficient (Wildman–Crippen LogP) is 4.63. The normalized spacial score (nSPS) is 12.3. The average molecular weight is 284 g/mol. The fourth-order valence-electron chi connectivity index (χ4n) is 2.36. The SMILES string of the molecule is CCNCc1oc2c(Cl)cc(F)cc2c1C(C)(C)C. The Morgan fingerprint density at radius 1 is 1.32 bits per heavy atom. The van der Waals surface area contributed by atoms with Crippen LogP contribution in [-0.4, -0.2) is 6.54 Å². The Morgan fingerprint density at radius 2 is 2.00 bits per heavy atom. The Morgan fingerprint density at radius 3 is 2.58 bits per heavy atom. The molecule has 1 heterocycles. The molecule has 19 heavy (non-hydrogen) atoms. The quantitative estimate of drug-likeness (QED) is 0.888. The molecule has 1 aromatic heterocycles. The van der Waals surface area contributed by atoms with Crippen LogP contribution in [0.3, 0.4) is 0 Å². The molecule has 0 amide bonds. The molecule has 0 radical (unpaired) electrons. The van der Waals surface area contributed by atoms with E-state index in [2.05, 4.69) is 26.1 Å². The number of hydrogen-bond acceptors (Lipinski definition) is 2. The molecule has 2 rings (SSSR count). The second kappa shape index (κ2) is 5.14. The maximum Gasteiger partial charge on any atom is 0.153 e. The van der Waals surface area contributed by atoms with Crippen molar-refractivity contribution < 1.29 is 8.81 Å². The first-order valence-corrected chi connectivity index (χ1v) is 6.84. The van der Waals surface area contributed by atoms with Crippen molar-refractivity contribution in [3.05, 3.63) is 34.3 Å². The number of hydrogen-bond donors (Lipinski definition) is 1. The smallest absolute Gasteiger partial charge is 0.153 e. The van der Waals surface area contributed by atoms with E-state index in [9.17, 15) is 4.39 Å². The lowest BCUT2D eigenvalue weighted by Crippen LogP contribution is -2.18. The minimum absolute atomic E-state index is 0.132. The highest BCUT2D eigenvalue weighted by Crippen LogP contribution is 2.38. The van der Waals surface area contributed by atoms with Gasteiger partial charge < -0.3 is 9.73 Å². The van der Waals surface area contributed by atoms with Crippen molar-refractivity contribution in [2.24, 2.45) is 0 Å². The third kappa shape index (κ3) is 2.77. The van der Waals surface area contributed by atoms with Crippen LogP contribution in [0.25, 0.3) is 11.0 Å². The van der Waals surface area contributed by atoms with E-state index in [1.807, 2.05) is 6.92 Å². The van der Waals surface area contributed by atoms with E-state index in [0.717, 1.165) is 23.3 Å². The molecule has 0 fully saturated rings. The van der Waals surface area contributed by atoms with Crippen molar-refractivity contribution in [3.63, 3.8) is 0 Å². The summed E-state index contributed by atoms with van der Waals surface area (Å²) in [4.78, 5) is 0. The lowest BCUT2D eigenvalue weighted by molar-refractivity contribution is 0.487. The zero-order chi connectivity index (χ0) is 14.2. The van der Waals surface area contributed by atoms with Gasteiger partial charge in [-0.3, -0.25) is 0 Å². The standard InChI is InChI=1S/C15H19ClFNO/c1-5-18-8-12-13(15(2,3)4)10-6-9(17)7-11(16)14(10)19-12/h6-7,18H,5,8H2,1-4H3. The van der Waals surface area contributed by atoms with Crippen LogP contribution in [0.15, 0.2) is 16.5 Å². The highest BCUT2D eigenvalue weighted by Gasteiger charge is 2.26. The summed E-state index contributed by atoms with van der Waals surface area (Å²) in [5.41, 5.74) is 1.46. The molecule has 0 aliphatic heterocycles. The molecule has 2 nitrogen and oxygen atoms in total. The molecule has 4 heteroatoms. The van der Waals surface area contributed by atoms with E-state index < -0.39 is 0 Å². The maximum absolute atomic E-state index is 13.6. The molecular weight excluding hydrogens is 265 g/mol. The van der Waals surface area contributed by atoms with Crippen LogP contribution in [0.5, 0.6) is 0 Å². The van der Waals surface area contributed by atoms with Crippen LogP contribution in [0.4, 0.5) is 4.39 Å². The molecule has 1 aromatic carbocycles. The van der Waals surface area contributed by atoms with Crippen LogP contribution < -0.4 is 5.32 Å². The third-order valence-corrected chi connectivity index (χ3v) is 3.35. The Bertz CT molecular complexity index is 598. The van der Waals surface area contributed by atoms with Gasteiger partial charge in [-0.05, 0) is 24.1 Å². The number of halogens is 2. The Kier molecular flexibility index (Phi) is 3.88. The van der Waals surface area contributed by atoms with Crippen molar-refractivity contribution in [2.75, 3.05) is 6.54 Å². The molecule has 104 valence electrons. The van der Waals surface area contributed by atoms with Gasteiger partial charge in [-0.2, -0.15) is 0 Å². The molecule has 0 aliphatic carbocycles. The van der Waals surface area contributed by atoms with Gasteiger partial charge in [0, 0.05) is 10.9 Å². The molecule has 0 atom stereocenters. The fraction of sp³-hybridized carbons (Fsp3) is 0.467. The third-order valence-electron chi connectivity index (χ3n) is 3.07. The van der Waals surface area contributed by atoms with Crippen LogP contribution >= 0.6 is 11.6 Å². The molecule has 0 spiro atoms. The summed E-state index contributed by atoms with van der Waals surface area (Å²) in [6.07, 6.45) is 0. The Hall–Kier alpha value is -1.06. The Balaban J connectivity index is 2.70. The predicted molar refractivity (Wildman–Crippen MR) is 77.3 cm³/mol. The molecule has 0 unspecified atom stereocenters. The first kappa shape index (κ1) is 14.4. The number of fused-ring (bicyclic) bond motifs is 1. The molecule has 0 saturated carbocycles. The average Bonchev–Trinajstić information content (AvgIpc) is 2.64. The number of nitrogens with one attached hydrogen (secondary N) is 1. The summed E-state index contributed by atoms with van der Waals surface area (Å²) >= 11 is 6.08. The summed E-state index contributed by atoms with van der Waals surface area (Å²) < 4.78 is 19.4. The minimum Gasteiger partial charge on any atom is -0.458 e. The fourth-order valence-corrected chi connectivity index (χ4v) is 2.60. The minimum atomic E-state index is -0.334. The van der Waals surface area contributed by atoms with Crippen LogP contribution in [0.1, 0.15) is 39.0 Å². The first-order valence-electron chi connectivity index (χ1n) is 6.46. The molecule has 2 aromatic rings. The molecule has 1 N–H and O–H groups in total. The first-order chi connectivity index (χ1) is 8.84. The van der Waals surface area contributed by atoms with Gasteiger partial charge in [0.15, 0.2) is 5.58 Å². The van der Waals surface area contributed by atoms with Crippen LogP contribution in [-0.2, 0) is 12.0 Å². The van der Waals surface area contributed by atoms with E-state index in [4.69, 9.17) is 16.0 Å². The van der Waals surface area contributed by atoms with E-state index in [1.54, 1.807) is 0 Å². The zero-order valence-corrected chi connectivity index (χ0v) is 12.5.